The van der Waals surface area contributed by atoms with E-state index in [1.165, 1.54) is 9.75 Å². The van der Waals surface area contributed by atoms with E-state index in [9.17, 15) is 14.7 Å². The number of hydrogen-bond donors (Lipinski definition) is 2. The Morgan fingerprint density at radius 1 is 1.40 bits per heavy atom. The van der Waals surface area contributed by atoms with Crippen LogP contribution in [0.5, 0.6) is 0 Å². The molecule has 1 saturated carbocycles. The third-order valence-corrected chi connectivity index (χ3v) is 7.49. The first-order chi connectivity index (χ1) is 14.3. The number of thiophene rings is 1. The van der Waals surface area contributed by atoms with Crippen molar-refractivity contribution in [3.63, 3.8) is 0 Å². The summed E-state index contributed by atoms with van der Waals surface area (Å²) in [6, 6.07) is 2.06. The molecule has 1 radical (unpaired) electrons. The van der Waals surface area contributed by atoms with E-state index in [1.807, 2.05) is 19.1 Å². The number of hydrogen-bond acceptors (Lipinski definition) is 5. The molecule has 1 heterocycles. The zero-order valence-corrected chi connectivity index (χ0v) is 19.4. The summed E-state index contributed by atoms with van der Waals surface area (Å²) in [5, 5.41) is 19.0. The van der Waals surface area contributed by atoms with Gasteiger partial charge in [0, 0.05) is 0 Å². The molecule has 8 heteroatoms. The number of ketones is 1. The molecule has 0 bridgehead atoms. The first kappa shape index (κ1) is 24.9. The van der Waals surface area contributed by atoms with Crippen LogP contribution in [0.3, 0.4) is 0 Å². The fourth-order valence-electron chi connectivity index (χ4n) is 3.72. The summed E-state index contributed by atoms with van der Waals surface area (Å²) >= 11 is 5.19. The van der Waals surface area contributed by atoms with E-state index < -0.39 is 12.1 Å². The van der Waals surface area contributed by atoms with Gasteiger partial charge in [-0.2, -0.15) is 0 Å². The molecule has 0 aliphatic heterocycles. The van der Waals surface area contributed by atoms with Crippen molar-refractivity contribution in [3.05, 3.63) is 44.6 Å². The Balaban J connectivity index is 1.90. The molecule has 1 aromatic rings. The average Bonchev–Trinajstić information content (AvgIpc) is 3.19. The molecule has 1 aromatic heterocycles. The van der Waals surface area contributed by atoms with Crippen LogP contribution in [0.2, 0.25) is 0 Å². The van der Waals surface area contributed by atoms with E-state index in [0.29, 0.717) is 25.7 Å². The molecule has 0 aromatic carbocycles. The second-order valence-corrected chi connectivity index (χ2v) is 9.65. The number of carbonyl (C=O) groups excluding carboxylic acids is 1. The quantitative estimate of drug-likeness (QED) is 0.201. The van der Waals surface area contributed by atoms with Crippen LogP contribution in [0, 0.1) is 24.7 Å². The van der Waals surface area contributed by atoms with Gasteiger partial charge in [0.2, 0.25) is 0 Å². The van der Waals surface area contributed by atoms with Crippen molar-refractivity contribution in [3.8, 4) is 0 Å². The predicted octanol–water partition coefficient (Wildman–Crippen LogP) is 3.51. The Bertz CT molecular complexity index is 784. The molecule has 1 aliphatic rings. The van der Waals surface area contributed by atoms with Gasteiger partial charge in [0.25, 0.3) is 0 Å². The summed E-state index contributed by atoms with van der Waals surface area (Å²) in [5.74, 6) is 0.607. The molecule has 161 valence electrons. The van der Waals surface area contributed by atoms with Gasteiger partial charge in [0.1, 0.15) is 0 Å². The molecule has 2 rings (SSSR count). The van der Waals surface area contributed by atoms with Crippen LogP contribution in [0.4, 0.5) is 0 Å². The fraction of sp³-hybridized carbons (Fsp3) is 0.500. The van der Waals surface area contributed by atoms with Gasteiger partial charge < -0.3 is 0 Å². The van der Waals surface area contributed by atoms with Gasteiger partial charge in [-0.25, -0.2) is 0 Å². The summed E-state index contributed by atoms with van der Waals surface area (Å²) in [4.78, 5) is 25.2. The Hall–Kier alpha value is -1.35. The van der Waals surface area contributed by atoms with E-state index in [-0.39, 0.29) is 36.8 Å². The van der Waals surface area contributed by atoms with Crippen LogP contribution in [0.15, 0.2) is 34.8 Å². The molecule has 5 nitrogen and oxygen atoms in total. The van der Waals surface area contributed by atoms with Crippen LogP contribution in [-0.4, -0.2) is 54.7 Å². The number of carboxylic acid groups (broad SMARTS) is 1. The van der Waals surface area contributed by atoms with Gasteiger partial charge in [-0.05, 0) is 0 Å². The molecule has 0 saturated heterocycles. The number of aryl methyl sites for hydroxylation is 2. The number of aliphatic carboxylic acids is 1. The Morgan fingerprint density at radius 3 is 2.80 bits per heavy atom. The van der Waals surface area contributed by atoms with Crippen LogP contribution < -0.4 is 0 Å². The van der Waals surface area contributed by atoms with Crippen molar-refractivity contribution in [2.45, 2.75) is 38.7 Å². The Morgan fingerprint density at radius 2 is 2.17 bits per heavy atom. The topological polar surface area (TPSA) is 83.8 Å². The van der Waals surface area contributed by atoms with Gasteiger partial charge in [-0.1, -0.05) is 0 Å². The van der Waals surface area contributed by atoms with Crippen molar-refractivity contribution in [2.24, 2.45) is 17.8 Å². The number of ether oxygens (including phenoxy) is 1. The molecule has 0 spiro atoms. The number of carboxylic acids is 1. The van der Waals surface area contributed by atoms with Gasteiger partial charge in [0.05, 0.1) is 0 Å². The van der Waals surface area contributed by atoms with E-state index in [4.69, 9.17) is 17.3 Å². The van der Waals surface area contributed by atoms with Crippen molar-refractivity contribution in [2.75, 3.05) is 13.2 Å². The Labute approximate surface area is 191 Å². The monoisotopic (exact) mass is 493 g/mol. The molecule has 4 atom stereocenters. The second-order valence-electron chi connectivity index (χ2n) is 7.46. The van der Waals surface area contributed by atoms with E-state index in [0.717, 1.165) is 4.47 Å². The number of allylic oxidation sites excluding steroid dienone is 3. The maximum absolute atomic E-state index is 12.4. The van der Waals surface area contributed by atoms with Crippen molar-refractivity contribution in [1.29, 1.82) is 0 Å². The number of aliphatic hydroxyl groups excluding tert-OH is 1. The molecule has 2 N–H and O–H groups in total. The normalized spacial score (nSPS) is 24.1. The SMILES string of the molecule is [B]=C[C@@H]1CC(O)[C@H](C/C=C\COCC(=O)O)[C@H]1/C=C/C(=O)CCc1cc(Br)c(C)s1. The van der Waals surface area contributed by atoms with Crippen LogP contribution in [0.25, 0.3) is 0 Å². The third-order valence-electron chi connectivity index (χ3n) is 5.29. The van der Waals surface area contributed by atoms with Crippen LogP contribution in [0.1, 0.15) is 29.0 Å². The summed E-state index contributed by atoms with van der Waals surface area (Å²) in [5.41, 5.74) is 0. The van der Waals surface area contributed by atoms with Crippen LogP contribution in [-0.2, 0) is 20.7 Å². The minimum atomic E-state index is -1.01. The summed E-state index contributed by atoms with van der Waals surface area (Å²) in [6.45, 7) is 1.91. The van der Waals surface area contributed by atoms with Crippen LogP contribution >= 0.6 is 27.3 Å². The maximum atomic E-state index is 12.4. The zero-order chi connectivity index (χ0) is 22.1. The zero-order valence-electron chi connectivity index (χ0n) is 17.0. The molecular formula is C22H27BBrO5S. The van der Waals surface area contributed by atoms with Gasteiger partial charge in [-0.3, -0.25) is 0 Å². The number of carbonyl (C=O) groups is 2. The van der Waals surface area contributed by atoms with Gasteiger partial charge in [0.15, 0.2) is 0 Å². The van der Waals surface area contributed by atoms with Gasteiger partial charge in [-0.15, -0.1) is 0 Å². The molecule has 1 unspecified atom stereocenters. The average molecular weight is 494 g/mol. The molecule has 1 aliphatic carbocycles. The van der Waals surface area contributed by atoms with Crippen molar-refractivity contribution >= 4 is 52.5 Å². The standard InChI is InChI=1S/C22H27BBrO5S/c1-14-20(24)11-17(30-14)7-5-16(25)6-8-18-15(12-23)10-21(26)19(18)4-2-3-9-29-13-22(27)28/h2-3,6,8,11-12,15,18-19,21,26H,4-5,7,9-10,13H2,1H3,(H,27,28)/b3-2-,8-6+/t15-,18-,19+,21?/m0/s1. The van der Waals surface area contributed by atoms with E-state index in [2.05, 4.69) is 22.0 Å². The number of rotatable bonds is 12. The number of halogens is 1. The molecule has 0 amide bonds. The minimum absolute atomic E-state index is 0.0154. The van der Waals surface area contributed by atoms with Crippen molar-refractivity contribution < 1.29 is 24.5 Å². The van der Waals surface area contributed by atoms with E-state index >= 15 is 0 Å². The summed E-state index contributed by atoms with van der Waals surface area (Å²) in [6.07, 6.45) is 8.97. The molecule has 1 fully saturated rings. The second kappa shape index (κ2) is 12.5. The third kappa shape index (κ3) is 7.73. The van der Waals surface area contributed by atoms with E-state index in [1.54, 1.807) is 29.5 Å². The van der Waals surface area contributed by atoms with Crippen molar-refractivity contribution in [1.82, 2.24) is 0 Å². The predicted molar refractivity (Wildman–Crippen MR) is 124 cm³/mol. The fourth-order valence-corrected chi connectivity index (χ4v) is 5.32. The molecule has 30 heavy (non-hydrogen) atoms. The Kier molecular flexibility index (Phi) is 10.4. The number of aliphatic hydroxyl groups is 1. The first-order valence-electron chi connectivity index (χ1n) is 9.95. The summed E-state index contributed by atoms with van der Waals surface area (Å²) < 4.78 is 6.05. The van der Waals surface area contributed by atoms with Gasteiger partial charge >= 0.3 is 191 Å². The summed E-state index contributed by atoms with van der Waals surface area (Å²) in [7, 11) is 5.78. The molecular weight excluding hydrogens is 467 g/mol. The first-order valence-corrected chi connectivity index (χ1v) is 11.6.